The minimum Gasteiger partial charge on any atom is -0.481 e. The first-order valence-electron chi connectivity index (χ1n) is 9.69. The maximum Gasteiger partial charge on any atom is 0.307 e. The number of carboxylic acid groups (broad SMARTS) is 1. The summed E-state index contributed by atoms with van der Waals surface area (Å²) in [7, 11) is 0. The molecule has 0 aromatic heterocycles. The van der Waals surface area contributed by atoms with Crippen molar-refractivity contribution in [3.63, 3.8) is 0 Å². The molecule has 0 bridgehead atoms. The van der Waals surface area contributed by atoms with E-state index in [2.05, 4.69) is 13.8 Å². The van der Waals surface area contributed by atoms with E-state index in [1.54, 1.807) is 0 Å². The van der Waals surface area contributed by atoms with Gasteiger partial charge in [-0.25, -0.2) is 0 Å². The SMILES string of the molecule is C[C@]12CCCC[C@H]1CC[C@@H]1[C@@H]2CC[C@]2(C)[C@@H](C(=O)O)CC[C@@H]12. The molecule has 4 saturated carbocycles. The van der Waals surface area contributed by atoms with Crippen LogP contribution < -0.4 is 0 Å². The average Bonchev–Trinajstić information content (AvgIpc) is 2.84. The first-order valence-corrected chi connectivity index (χ1v) is 9.69. The highest BCUT2D eigenvalue weighted by atomic mass is 16.4. The van der Waals surface area contributed by atoms with Crippen molar-refractivity contribution in [2.24, 2.45) is 40.4 Å². The third kappa shape index (κ3) is 1.88. The molecule has 22 heavy (non-hydrogen) atoms. The van der Waals surface area contributed by atoms with Crippen LogP contribution in [-0.4, -0.2) is 11.1 Å². The van der Waals surface area contributed by atoms with Crippen LogP contribution in [0.3, 0.4) is 0 Å². The summed E-state index contributed by atoms with van der Waals surface area (Å²) in [6.07, 6.45) is 13.1. The number of hydrogen-bond acceptors (Lipinski definition) is 1. The van der Waals surface area contributed by atoms with E-state index in [1.807, 2.05) is 0 Å². The molecule has 0 aliphatic heterocycles. The maximum atomic E-state index is 11.7. The first-order chi connectivity index (χ1) is 10.5. The monoisotopic (exact) mass is 304 g/mol. The van der Waals surface area contributed by atoms with Gasteiger partial charge < -0.3 is 5.11 Å². The zero-order chi connectivity index (χ0) is 15.5. The van der Waals surface area contributed by atoms with Crippen LogP contribution in [0.2, 0.25) is 0 Å². The minimum atomic E-state index is -0.527. The van der Waals surface area contributed by atoms with E-state index >= 15 is 0 Å². The molecule has 0 amide bonds. The summed E-state index contributed by atoms with van der Waals surface area (Å²) < 4.78 is 0. The number of aliphatic carboxylic acids is 1. The Morgan fingerprint density at radius 3 is 2.41 bits per heavy atom. The van der Waals surface area contributed by atoms with Gasteiger partial charge >= 0.3 is 5.97 Å². The van der Waals surface area contributed by atoms with Crippen LogP contribution in [0.15, 0.2) is 0 Å². The molecule has 7 atom stereocenters. The molecule has 124 valence electrons. The van der Waals surface area contributed by atoms with Crippen LogP contribution in [0.25, 0.3) is 0 Å². The zero-order valence-corrected chi connectivity index (χ0v) is 14.3. The van der Waals surface area contributed by atoms with Gasteiger partial charge in [0, 0.05) is 0 Å². The van der Waals surface area contributed by atoms with Crippen molar-refractivity contribution >= 4 is 5.97 Å². The zero-order valence-electron chi connectivity index (χ0n) is 14.3. The van der Waals surface area contributed by atoms with Gasteiger partial charge in [-0.05, 0) is 85.9 Å². The van der Waals surface area contributed by atoms with E-state index in [1.165, 1.54) is 51.4 Å². The molecule has 0 aromatic rings. The molecule has 0 spiro atoms. The standard InChI is InChI=1S/C20H32O2/c1-19-11-4-3-5-13(19)6-7-14-15-8-9-17(18(21)22)20(15,2)12-10-16(14)19/h13-17H,3-12H2,1-2H3,(H,21,22)/t13-,14-,15-,16-,17+,19-,20-/m0/s1. The highest BCUT2D eigenvalue weighted by Crippen LogP contribution is 2.67. The fraction of sp³-hybridized carbons (Fsp3) is 0.950. The first kappa shape index (κ1) is 15.0. The quantitative estimate of drug-likeness (QED) is 0.730. The van der Waals surface area contributed by atoms with Crippen molar-refractivity contribution in [1.29, 1.82) is 0 Å². The van der Waals surface area contributed by atoms with E-state index < -0.39 is 5.97 Å². The highest BCUT2D eigenvalue weighted by Gasteiger charge is 2.60. The van der Waals surface area contributed by atoms with Crippen molar-refractivity contribution in [1.82, 2.24) is 0 Å². The van der Waals surface area contributed by atoms with Gasteiger partial charge in [-0.3, -0.25) is 4.79 Å². The number of carboxylic acids is 1. The molecule has 4 fully saturated rings. The third-order valence-corrected chi connectivity index (χ3v) is 8.88. The van der Waals surface area contributed by atoms with Crippen molar-refractivity contribution < 1.29 is 9.90 Å². The fourth-order valence-electron chi connectivity index (χ4n) is 7.70. The van der Waals surface area contributed by atoms with Crippen molar-refractivity contribution in [2.75, 3.05) is 0 Å². The number of rotatable bonds is 1. The lowest BCUT2D eigenvalue weighted by atomic mass is 9.45. The van der Waals surface area contributed by atoms with Crippen LogP contribution in [0, 0.1) is 40.4 Å². The van der Waals surface area contributed by atoms with Gasteiger partial charge in [0.2, 0.25) is 0 Å². The van der Waals surface area contributed by atoms with Gasteiger partial charge in [0.25, 0.3) is 0 Å². The lowest BCUT2D eigenvalue weighted by molar-refractivity contribution is -0.152. The van der Waals surface area contributed by atoms with Gasteiger partial charge in [-0.1, -0.05) is 26.7 Å². The Kier molecular flexibility index (Phi) is 3.40. The number of hydrogen-bond donors (Lipinski definition) is 1. The second kappa shape index (κ2) is 4.98. The lowest BCUT2D eigenvalue weighted by Gasteiger charge is -2.60. The average molecular weight is 304 g/mol. The fourth-order valence-corrected chi connectivity index (χ4v) is 7.70. The number of fused-ring (bicyclic) bond motifs is 5. The second-order valence-electron chi connectivity index (χ2n) is 9.42. The molecule has 0 heterocycles. The second-order valence-corrected chi connectivity index (χ2v) is 9.42. The van der Waals surface area contributed by atoms with Gasteiger partial charge in [-0.2, -0.15) is 0 Å². The molecule has 4 aliphatic rings. The highest BCUT2D eigenvalue weighted by molar-refractivity contribution is 5.71. The summed E-state index contributed by atoms with van der Waals surface area (Å²) in [5.41, 5.74) is 0.661. The molecule has 0 aromatic carbocycles. The van der Waals surface area contributed by atoms with Crippen molar-refractivity contribution in [2.45, 2.75) is 78.1 Å². The van der Waals surface area contributed by atoms with Crippen LogP contribution in [-0.2, 0) is 4.79 Å². The van der Waals surface area contributed by atoms with Crippen LogP contribution in [0.4, 0.5) is 0 Å². The third-order valence-electron chi connectivity index (χ3n) is 8.88. The summed E-state index contributed by atoms with van der Waals surface area (Å²) in [6.45, 7) is 4.91. The molecular formula is C20H32O2. The van der Waals surface area contributed by atoms with Gasteiger partial charge in [0.15, 0.2) is 0 Å². The lowest BCUT2D eigenvalue weighted by Crippen LogP contribution is -2.53. The minimum absolute atomic E-state index is 0.0738. The van der Waals surface area contributed by atoms with Crippen LogP contribution in [0.1, 0.15) is 78.1 Å². The van der Waals surface area contributed by atoms with Crippen LogP contribution >= 0.6 is 0 Å². The normalized spacial score (nSPS) is 54.2. The smallest absolute Gasteiger partial charge is 0.307 e. The summed E-state index contributed by atoms with van der Waals surface area (Å²) in [5.74, 6) is 2.76. The van der Waals surface area contributed by atoms with Gasteiger partial charge in [0.1, 0.15) is 0 Å². The molecule has 0 radical (unpaired) electrons. The molecular weight excluding hydrogens is 272 g/mol. The molecule has 4 aliphatic carbocycles. The summed E-state index contributed by atoms with van der Waals surface area (Å²) in [6, 6.07) is 0. The van der Waals surface area contributed by atoms with E-state index in [4.69, 9.17) is 0 Å². The van der Waals surface area contributed by atoms with E-state index in [0.29, 0.717) is 11.3 Å². The van der Waals surface area contributed by atoms with E-state index in [9.17, 15) is 9.90 Å². The Morgan fingerprint density at radius 1 is 0.864 bits per heavy atom. The van der Waals surface area contributed by atoms with Crippen LogP contribution in [0.5, 0.6) is 0 Å². The Morgan fingerprint density at radius 2 is 1.64 bits per heavy atom. The Bertz CT molecular complexity index is 472. The summed E-state index contributed by atoms with van der Waals surface area (Å²) in [5, 5.41) is 9.65. The van der Waals surface area contributed by atoms with E-state index in [-0.39, 0.29) is 11.3 Å². The maximum absolute atomic E-state index is 11.7. The predicted molar refractivity (Wildman–Crippen MR) is 87.5 cm³/mol. The van der Waals surface area contributed by atoms with Crippen molar-refractivity contribution in [3.05, 3.63) is 0 Å². The van der Waals surface area contributed by atoms with Gasteiger partial charge in [-0.15, -0.1) is 0 Å². The summed E-state index contributed by atoms with van der Waals surface area (Å²) in [4.78, 5) is 11.7. The molecule has 2 nitrogen and oxygen atoms in total. The topological polar surface area (TPSA) is 37.3 Å². The Hall–Kier alpha value is -0.530. The Balaban J connectivity index is 1.63. The van der Waals surface area contributed by atoms with Crippen molar-refractivity contribution in [3.8, 4) is 0 Å². The van der Waals surface area contributed by atoms with Gasteiger partial charge in [0.05, 0.1) is 5.92 Å². The molecule has 0 unspecified atom stereocenters. The predicted octanol–water partition coefficient (Wildman–Crippen LogP) is 5.12. The molecule has 1 N–H and O–H groups in total. The van der Waals surface area contributed by atoms with E-state index in [0.717, 1.165) is 30.6 Å². The Labute approximate surface area is 135 Å². The molecule has 4 rings (SSSR count). The molecule has 0 saturated heterocycles. The largest absolute Gasteiger partial charge is 0.481 e. The molecule has 2 heteroatoms. The number of carbonyl (C=O) groups is 1. The summed E-state index contributed by atoms with van der Waals surface area (Å²) >= 11 is 0.